The van der Waals surface area contributed by atoms with Crippen LogP contribution in [0.25, 0.3) is 0 Å². The number of hydrogen-bond acceptors (Lipinski definition) is 2. The average Bonchev–Trinajstić information content (AvgIpc) is 2.25. The Morgan fingerprint density at radius 3 is 2.35 bits per heavy atom. The molecule has 0 unspecified atom stereocenters. The Morgan fingerprint density at radius 1 is 1.20 bits per heavy atom. The van der Waals surface area contributed by atoms with E-state index >= 15 is 0 Å². The minimum atomic E-state index is -3.42. The molecule has 1 N–H and O–H groups in total. The Morgan fingerprint density at radius 2 is 1.80 bits per heavy atom. The summed E-state index contributed by atoms with van der Waals surface area (Å²) in [5, 5.41) is 0. The molecule has 1 aliphatic rings. The van der Waals surface area contributed by atoms with Crippen LogP contribution in [-0.2, 0) is 10.0 Å². The van der Waals surface area contributed by atoms with Gasteiger partial charge in [0.15, 0.2) is 0 Å². The van der Waals surface area contributed by atoms with E-state index in [1.165, 1.54) is 0 Å². The molecule has 1 saturated carbocycles. The third-order valence-corrected chi connectivity index (χ3v) is 5.90. The highest BCUT2D eigenvalue weighted by molar-refractivity contribution is 9.10. The van der Waals surface area contributed by atoms with Crippen LogP contribution in [0.3, 0.4) is 0 Å². The highest BCUT2D eigenvalue weighted by Crippen LogP contribution is 2.38. The van der Waals surface area contributed by atoms with Crippen LogP contribution in [0.15, 0.2) is 33.6 Å². The first kappa shape index (κ1) is 16.0. The molecule has 0 bridgehead atoms. The Bertz CT molecular complexity index is 566. The lowest BCUT2D eigenvalue weighted by Crippen LogP contribution is -2.42. The van der Waals surface area contributed by atoms with E-state index in [4.69, 9.17) is 0 Å². The summed E-state index contributed by atoms with van der Waals surface area (Å²) < 4.78 is 28.6. The van der Waals surface area contributed by atoms with E-state index in [2.05, 4.69) is 41.4 Å². The standard InChI is InChI=1S/C15H22BrNO2S/c1-11-8-13(10-15(2,3)9-11)17-20(18,19)14-6-4-12(16)5-7-14/h4-7,11,13,17H,8-10H2,1-3H3/t11-,13+/m1/s1. The van der Waals surface area contributed by atoms with Crippen molar-refractivity contribution in [3.05, 3.63) is 28.7 Å². The summed E-state index contributed by atoms with van der Waals surface area (Å²) >= 11 is 3.32. The van der Waals surface area contributed by atoms with E-state index < -0.39 is 10.0 Å². The fraction of sp³-hybridized carbons (Fsp3) is 0.600. The zero-order chi connectivity index (χ0) is 15.0. The van der Waals surface area contributed by atoms with Crippen molar-refractivity contribution in [1.29, 1.82) is 0 Å². The molecule has 2 atom stereocenters. The van der Waals surface area contributed by atoms with Crippen molar-refractivity contribution in [1.82, 2.24) is 4.72 Å². The van der Waals surface area contributed by atoms with Crippen molar-refractivity contribution in [2.24, 2.45) is 11.3 Å². The van der Waals surface area contributed by atoms with Gasteiger partial charge in [0.05, 0.1) is 4.90 Å². The highest BCUT2D eigenvalue weighted by atomic mass is 79.9. The van der Waals surface area contributed by atoms with Crippen molar-refractivity contribution in [3.63, 3.8) is 0 Å². The summed E-state index contributed by atoms with van der Waals surface area (Å²) in [4.78, 5) is 0.330. The van der Waals surface area contributed by atoms with Crippen LogP contribution in [-0.4, -0.2) is 14.5 Å². The summed E-state index contributed by atoms with van der Waals surface area (Å²) in [6.45, 7) is 6.62. The van der Waals surface area contributed by atoms with E-state index in [1.807, 2.05) is 0 Å². The SMILES string of the molecule is C[C@@H]1C[C@H](NS(=O)(=O)c2ccc(Br)cc2)CC(C)(C)C1. The molecule has 1 fully saturated rings. The second-order valence-corrected chi connectivity index (χ2v) is 9.32. The molecule has 1 aromatic carbocycles. The van der Waals surface area contributed by atoms with Crippen LogP contribution < -0.4 is 4.72 Å². The molecule has 112 valence electrons. The van der Waals surface area contributed by atoms with Crippen LogP contribution >= 0.6 is 15.9 Å². The maximum atomic E-state index is 12.4. The molecule has 1 aromatic rings. The second kappa shape index (κ2) is 5.78. The number of halogens is 1. The molecule has 0 aromatic heterocycles. The molecule has 5 heteroatoms. The highest BCUT2D eigenvalue weighted by Gasteiger charge is 2.34. The second-order valence-electron chi connectivity index (χ2n) is 6.69. The first-order chi connectivity index (χ1) is 9.18. The quantitative estimate of drug-likeness (QED) is 0.887. The van der Waals surface area contributed by atoms with E-state index in [0.717, 1.165) is 23.7 Å². The molecule has 0 radical (unpaired) electrons. The maximum absolute atomic E-state index is 12.4. The van der Waals surface area contributed by atoms with Crippen molar-refractivity contribution >= 4 is 26.0 Å². The van der Waals surface area contributed by atoms with Crippen molar-refractivity contribution in [2.75, 3.05) is 0 Å². The molecule has 0 aliphatic heterocycles. The molecule has 3 nitrogen and oxygen atoms in total. The van der Waals surface area contributed by atoms with E-state index in [9.17, 15) is 8.42 Å². The zero-order valence-corrected chi connectivity index (χ0v) is 14.6. The smallest absolute Gasteiger partial charge is 0.208 e. The van der Waals surface area contributed by atoms with Gasteiger partial charge in [0.25, 0.3) is 0 Å². The van der Waals surface area contributed by atoms with Gasteiger partial charge in [-0.25, -0.2) is 13.1 Å². The monoisotopic (exact) mass is 359 g/mol. The molecule has 20 heavy (non-hydrogen) atoms. The Balaban J connectivity index is 2.14. The molecule has 0 amide bonds. The van der Waals surface area contributed by atoms with E-state index in [1.54, 1.807) is 24.3 Å². The fourth-order valence-electron chi connectivity index (χ4n) is 3.34. The zero-order valence-electron chi connectivity index (χ0n) is 12.2. The Hall–Kier alpha value is -0.390. The van der Waals surface area contributed by atoms with Gasteiger partial charge in [-0.05, 0) is 54.9 Å². The number of hydrogen-bond donors (Lipinski definition) is 1. The van der Waals surface area contributed by atoms with Gasteiger partial charge in [-0.3, -0.25) is 0 Å². The molecular weight excluding hydrogens is 338 g/mol. The molecular formula is C15H22BrNO2S. The van der Waals surface area contributed by atoms with E-state index in [-0.39, 0.29) is 11.5 Å². The predicted molar refractivity (Wildman–Crippen MR) is 85.0 cm³/mol. The molecule has 0 saturated heterocycles. The fourth-order valence-corrected chi connectivity index (χ4v) is 4.85. The van der Waals surface area contributed by atoms with Gasteiger partial charge >= 0.3 is 0 Å². The first-order valence-corrected chi connectivity index (χ1v) is 9.23. The van der Waals surface area contributed by atoms with E-state index in [0.29, 0.717) is 10.8 Å². The maximum Gasteiger partial charge on any atom is 0.240 e. The van der Waals surface area contributed by atoms with Crippen molar-refractivity contribution < 1.29 is 8.42 Å². The summed E-state index contributed by atoms with van der Waals surface area (Å²) in [5.41, 5.74) is 0.199. The van der Waals surface area contributed by atoms with Gasteiger partial charge in [-0.15, -0.1) is 0 Å². The minimum absolute atomic E-state index is 0.0300. The van der Waals surface area contributed by atoms with Crippen LogP contribution in [0.1, 0.15) is 40.0 Å². The van der Waals surface area contributed by atoms with Crippen LogP contribution in [0, 0.1) is 11.3 Å². The largest absolute Gasteiger partial charge is 0.240 e. The molecule has 1 aliphatic carbocycles. The first-order valence-electron chi connectivity index (χ1n) is 6.96. The average molecular weight is 360 g/mol. The number of nitrogens with one attached hydrogen (secondary N) is 1. The molecule has 0 spiro atoms. The molecule has 0 heterocycles. The van der Waals surface area contributed by atoms with Gasteiger partial charge in [-0.2, -0.15) is 0 Å². The van der Waals surface area contributed by atoms with Crippen LogP contribution in [0.2, 0.25) is 0 Å². The number of rotatable bonds is 3. The number of benzene rings is 1. The Labute approximate surface area is 130 Å². The lowest BCUT2D eigenvalue weighted by Gasteiger charge is -2.39. The third-order valence-electron chi connectivity index (χ3n) is 3.83. The lowest BCUT2D eigenvalue weighted by molar-refractivity contribution is 0.163. The minimum Gasteiger partial charge on any atom is -0.208 e. The van der Waals surface area contributed by atoms with Crippen molar-refractivity contribution in [3.8, 4) is 0 Å². The van der Waals surface area contributed by atoms with Crippen LogP contribution in [0.5, 0.6) is 0 Å². The van der Waals surface area contributed by atoms with Crippen molar-refractivity contribution in [2.45, 2.75) is 51.0 Å². The summed E-state index contributed by atoms with van der Waals surface area (Å²) in [5.74, 6) is 0.552. The van der Waals surface area contributed by atoms with Gasteiger partial charge in [-0.1, -0.05) is 36.7 Å². The van der Waals surface area contributed by atoms with Gasteiger partial charge in [0.1, 0.15) is 0 Å². The number of sulfonamides is 1. The topological polar surface area (TPSA) is 46.2 Å². The summed E-state index contributed by atoms with van der Waals surface area (Å²) in [6.07, 6.45) is 2.97. The predicted octanol–water partition coefficient (Wildman–Crippen LogP) is 3.94. The van der Waals surface area contributed by atoms with Gasteiger partial charge in [0.2, 0.25) is 10.0 Å². The third kappa shape index (κ3) is 4.06. The van der Waals surface area contributed by atoms with Crippen LogP contribution in [0.4, 0.5) is 0 Å². The summed E-state index contributed by atoms with van der Waals surface area (Å²) in [6, 6.07) is 6.79. The molecule has 2 rings (SSSR count). The van der Waals surface area contributed by atoms with Gasteiger partial charge < -0.3 is 0 Å². The normalized spacial score (nSPS) is 26.4. The summed E-state index contributed by atoms with van der Waals surface area (Å²) in [7, 11) is -3.42. The lowest BCUT2D eigenvalue weighted by atomic mass is 9.71. The van der Waals surface area contributed by atoms with Gasteiger partial charge in [0, 0.05) is 10.5 Å². The Kier molecular flexibility index (Phi) is 4.62.